The molecule has 1 fully saturated rings. The lowest BCUT2D eigenvalue weighted by Crippen LogP contribution is -2.45. The minimum absolute atomic E-state index is 0.0509. The molecule has 1 aliphatic rings. The fraction of sp³-hybridized carbons (Fsp3) is 0.879. The van der Waals surface area contributed by atoms with Crippen LogP contribution in [-0.2, 0) is 9.59 Å². The van der Waals surface area contributed by atoms with Gasteiger partial charge in [-0.2, -0.15) is 0 Å². The summed E-state index contributed by atoms with van der Waals surface area (Å²) in [6.07, 6.45) is 24.4. The molecule has 2 atom stereocenters. The van der Waals surface area contributed by atoms with E-state index in [4.69, 9.17) is 0 Å². The monoisotopic (exact) mass is 564 g/mol. The first kappa shape index (κ1) is 36.6. The van der Waals surface area contributed by atoms with Crippen LogP contribution < -0.4 is 10.6 Å². The summed E-state index contributed by atoms with van der Waals surface area (Å²) in [4.78, 5) is 32.1. The maximum Gasteiger partial charge on any atom is 0.239 e. The molecule has 0 spiro atoms. The number of hydrogen-bond acceptors (Lipinski definition) is 5. The Bertz CT molecular complexity index is 653. The molecule has 0 saturated carbocycles. The van der Waals surface area contributed by atoms with Gasteiger partial charge in [0, 0.05) is 32.1 Å². The van der Waals surface area contributed by atoms with Crippen LogP contribution in [0.25, 0.3) is 0 Å². The number of carbonyl (C=O) groups is 2. The highest BCUT2D eigenvalue weighted by atomic mass is 16.2. The normalized spacial score (nSPS) is 17.4. The van der Waals surface area contributed by atoms with E-state index in [1.54, 1.807) is 0 Å². The summed E-state index contributed by atoms with van der Waals surface area (Å²) < 4.78 is 0. The van der Waals surface area contributed by atoms with E-state index < -0.39 is 0 Å². The molecule has 0 radical (unpaired) electrons. The van der Waals surface area contributed by atoms with Crippen molar-refractivity contribution in [1.29, 1.82) is 0 Å². The van der Waals surface area contributed by atoms with Crippen LogP contribution in [0.1, 0.15) is 116 Å². The standard InChI is InChI=1S/C33H65N5O2/c1-6-7-8-9-10-11-12-13-14-15-16-17-18-19-20-23-32(39)35-30-28-31(34-29-30)33(40)38(26-21-24-36(2)3)27-22-25-37(4)5/h13-14,30-31,34H,6-12,15-29H2,1-5H3,(H,35,39)/t30-,31-/m0/s1. The predicted molar refractivity (Wildman–Crippen MR) is 171 cm³/mol. The molecule has 1 saturated heterocycles. The molecule has 7 heteroatoms. The molecule has 0 aromatic carbocycles. The van der Waals surface area contributed by atoms with E-state index in [9.17, 15) is 9.59 Å². The Morgan fingerprint density at radius 3 is 1.80 bits per heavy atom. The zero-order valence-corrected chi connectivity index (χ0v) is 27.0. The zero-order valence-electron chi connectivity index (χ0n) is 27.0. The van der Waals surface area contributed by atoms with Crippen molar-refractivity contribution in [3.8, 4) is 0 Å². The second kappa shape index (κ2) is 24.2. The van der Waals surface area contributed by atoms with Crippen LogP contribution in [0.5, 0.6) is 0 Å². The molecular weight excluding hydrogens is 498 g/mol. The van der Waals surface area contributed by atoms with E-state index in [1.807, 2.05) is 4.90 Å². The Morgan fingerprint density at radius 2 is 1.25 bits per heavy atom. The molecule has 1 rings (SSSR count). The molecule has 0 unspecified atom stereocenters. The Labute approximate surface area is 247 Å². The molecule has 0 aliphatic carbocycles. The highest BCUT2D eigenvalue weighted by Crippen LogP contribution is 2.13. The van der Waals surface area contributed by atoms with Crippen molar-refractivity contribution in [2.45, 2.75) is 128 Å². The average Bonchev–Trinajstić information content (AvgIpc) is 3.37. The smallest absolute Gasteiger partial charge is 0.239 e. The van der Waals surface area contributed by atoms with Gasteiger partial charge >= 0.3 is 0 Å². The molecule has 0 aromatic heterocycles. The first-order valence-electron chi connectivity index (χ1n) is 16.6. The molecule has 1 aliphatic heterocycles. The summed E-state index contributed by atoms with van der Waals surface area (Å²) in [6.45, 7) is 6.47. The second-order valence-corrected chi connectivity index (χ2v) is 12.4. The molecule has 0 bridgehead atoms. The van der Waals surface area contributed by atoms with Crippen molar-refractivity contribution in [3.63, 3.8) is 0 Å². The van der Waals surface area contributed by atoms with Crippen molar-refractivity contribution >= 4 is 11.8 Å². The number of hydrogen-bond donors (Lipinski definition) is 2. The van der Waals surface area contributed by atoms with E-state index >= 15 is 0 Å². The number of allylic oxidation sites excluding steroid dienone is 2. The third-order valence-corrected chi connectivity index (χ3v) is 7.84. The number of unbranched alkanes of at least 4 members (excludes halogenated alkanes) is 11. The molecule has 1 heterocycles. The minimum atomic E-state index is -0.191. The third kappa shape index (κ3) is 19.6. The lowest BCUT2D eigenvalue weighted by atomic mass is 10.1. The summed E-state index contributed by atoms with van der Waals surface area (Å²) >= 11 is 0. The maximum absolute atomic E-state index is 13.3. The minimum Gasteiger partial charge on any atom is -0.352 e. The number of rotatable bonds is 25. The van der Waals surface area contributed by atoms with Gasteiger partial charge in [0.1, 0.15) is 0 Å². The molecule has 40 heavy (non-hydrogen) atoms. The number of amides is 2. The SMILES string of the molecule is CCCCCCCCC=CCCCCCCCC(=O)N[C@@H]1CN[C@H](C(=O)N(CCCN(C)C)CCCN(C)C)C1. The van der Waals surface area contributed by atoms with Crippen molar-refractivity contribution in [1.82, 2.24) is 25.3 Å². The second-order valence-electron chi connectivity index (χ2n) is 12.4. The van der Waals surface area contributed by atoms with E-state index in [0.717, 1.165) is 51.9 Å². The third-order valence-electron chi connectivity index (χ3n) is 7.84. The average molecular weight is 564 g/mol. The van der Waals surface area contributed by atoms with Crippen LogP contribution in [-0.4, -0.2) is 99.5 Å². The summed E-state index contributed by atoms with van der Waals surface area (Å²) in [5.74, 6) is 0.317. The predicted octanol–water partition coefficient (Wildman–Crippen LogP) is 5.60. The van der Waals surface area contributed by atoms with Gasteiger partial charge in [0.05, 0.1) is 6.04 Å². The van der Waals surface area contributed by atoms with Gasteiger partial charge in [0.15, 0.2) is 0 Å². The van der Waals surface area contributed by atoms with Crippen LogP contribution >= 0.6 is 0 Å². The highest BCUT2D eigenvalue weighted by Gasteiger charge is 2.32. The fourth-order valence-electron chi connectivity index (χ4n) is 5.40. The van der Waals surface area contributed by atoms with Gasteiger partial charge in [0.2, 0.25) is 11.8 Å². The molecule has 7 nitrogen and oxygen atoms in total. The van der Waals surface area contributed by atoms with Gasteiger partial charge in [-0.25, -0.2) is 0 Å². The van der Waals surface area contributed by atoms with E-state index in [0.29, 0.717) is 19.4 Å². The van der Waals surface area contributed by atoms with Crippen LogP contribution in [0, 0.1) is 0 Å². The first-order valence-corrected chi connectivity index (χ1v) is 16.6. The fourth-order valence-corrected chi connectivity index (χ4v) is 5.40. The first-order chi connectivity index (χ1) is 19.3. The molecular formula is C33H65N5O2. The van der Waals surface area contributed by atoms with Crippen molar-refractivity contribution in [2.24, 2.45) is 0 Å². The lowest BCUT2D eigenvalue weighted by Gasteiger charge is -2.27. The zero-order chi connectivity index (χ0) is 29.4. The van der Waals surface area contributed by atoms with Crippen LogP contribution in [0.4, 0.5) is 0 Å². The number of nitrogens with zero attached hydrogens (tertiary/aromatic N) is 3. The quantitative estimate of drug-likeness (QED) is 0.112. The van der Waals surface area contributed by atoms with Gasteiger partial charge in [-0.05, 0) is 92.6 Å². The highest BCUT2D eigenvalue weighted by molar-refractivity contribution is 5.83. The van der Waals surface area contributed by atoms with Gasteiger partial charge in [-0.3, -0.25) is 9.59 Å². The maximum atomic E-state index is 13.3. The topological polar surface area (TPSA) is 67.9 Å². The Kier molecular flexibility index (Phi) is 22.1. The summed E-state index contributed by atoms with van der Waals surface area (Å²) in [5.41, 5.74) is 0. The summed E-state index contributed by atoms with van der Waals surface area (Å²) in [7, 11) is 8.28. The van der Waals surface area contributed by atoms with Crippen molar-refractivity contribution < 1.29 is 9.59 Å². The van der Waals surface area contributed by atoms with Crippen molar-refractivity contribution in [3.05, 3.63) is 12.2 Å². The molecule has 2 amide bonds. The number of carbonyl (C=O) groups excluding carboxylic acids is 2. The lowest BCUT2D eigenvalue weighted by molar-refractivity contribution is -0.133. The Hall–Kier alpha value is -1.44. The summed E-state index contributed by atoms with van der Waals surface area (Å²) in [6, 6.07) is -0.140. The van der Waals surface area contributed by atoms with Crippen molar-refractivity contribution in [2.75, 3.05) is 60.9 Å². The van der Waals surface area contributed by atoms with E-state index in [2.05, 4.69) is 67.7 Å². The molecule has 0 aromatic rings. The van der Waals surface area contributed by atoms with Crippen LogP contribution in [0.15, 0.2) is 12.2 Å². The van der Waals surface area contributed by atoms with E-state index in [-0.39, 0.29) is 23.9 Å². The summed E-state index contributed by atoms with van der Waals surface area (Å²) in [5, 5.41) is 6.55. The van der Waals surface area contributed by atoms with Crippen LogP contribution in [0.3, 0.4) is 0 Å². The Balaban J connectivity index is 2.15. The van der Waals surface area contributed by atoms with Gasteiger partial charge in [-0.1, -0.05) is 70.4 Å². The van der Waals surface area contributed by atoms with Gasteiger partial charge in [-0.15, -0.1) is 0 Å². The van der Waals surface area contributed by atoms with Gasteiger partial charge < -0.3 is 25.3 Å². The van der Waals surface area contributed by atoms with Gasteiger partial charge in [0.25, 0.3) is 0 Å². The van der Waals surface area contributed by atoms with E-state index in [1.165, 1.54) is 70.6 Å². The van der Waals surface area contributed by atoms with Crippen LogP contribution in [0.2, 0.25) is 0 Å². The largest absolute Gasteiger partial charge is 0.352 e. The molecule has 234 valence electrons. The number of nitrogens with one attached hydrogen (secondary N) is 2. The Morgan fingerprint density at radius 1 is 0.725 bits per heavy atom. The molecule has 2 N–H and O–H groups in total.